The van der Waals surface area contributed by atoms with Crippen LogP contribution in [-0.4, -0.2) is 23.0 Å². The maximum absolute atomic E-state index is 11.6. The van der Waals surface area contributed by atoms with E-state index in [9.17, 15) is 4.79 Å². The maximum atomic E-state index is 11.6. The first-order valence-electron chi connectivity index (χ1n) is 6.67. The molecule has 0 saturated carbocycles. The molecule has 0 radical (unpaired) electrons. The highest BCUT2D eigenvalue weighted by Gasteiger charge is 2.32. The van der Waals surface area contributed by atoms with Crippen LogP contribution in [0.1, 0.15) is 61.3 Å². The number of Topliss-reactive ketones (excluding diaryl/α,β-unsaturated/α-hetero) is 1. The Morgan fingerprint density at radius 2 is 1.38 bits per heavy atom. The molecule has 1 saturated heterocycles. The number of carbonyl (C=O) groups excluding carboxylic acids is 1. The molecule has 0 amide bonds. The van der Waals surface area contributed by atoms with Gasteiger partial charge >= 0.3 is 0 Å². The summed E-state index contributed by atoms with van der Waals surface area (Å²) in [7, 11) is 0.447. The van der Waals surface area contributed by atoms with Gasteiger partial charge in [0.05, 0.1) is 0 Å². The van der Waals surface area contributed by atoms with E-state index in [1.165, 1.54) is 24.3 Å². The smallest absolute Gasteiger partial charge is 0.187 e. The Hall–Kier alpha value is 0.0200. The first-order chi connectivity index (χ1) is 7.50. The van der Waals surface area contributed by atoms with E-state index in [1.807, 2.05) is 48.5 Å². The second-order valence-electron chi connectivity index (χ2n) is 4.55. The average Bonchev–Trinajstić information content (AvgIpc) is 2.75. The van der Waals surface area contributed by atoms with Crippen LogP contribution in [0.5, 0.6) is 0 Å². The molecule has 0 aliphatic carbocycles. The molecule has 0 N–H and O–H groups in total. The van der Waals surface area contributed by atoms with Gasteiger partial charge in [0.1, 0.15) is 11.5 Å². The van der Waals surface area contributed by atoms with Crippen LogP contribution in [-0.2, 0) is 15.7 Å². The lowest BCUT2D eigenvalue weighted by molar-refractivity contribution is -0.123. The van der Waals surface area contributed by atoms with Gasteiger partial charge in [0.25, 0.3) is 0 Å². The minimum Gasteiger partial charge on any atom is -0.294 e. The monoisotopic (exact) mass is 247 g/mol. The van der Waals surface area contributed by atoms with E-state index in [4.69, 9.17) is 0 Å². The summed E-state index contributed by atoms with van der Waals surface area (Å²) in [5.74, 6) is 3.92. The third-order valence-electron chi connectivity index (χ3n) is 2.29. The first-order valence-corrected chi connectivity index (χ1v) is 8.41. The standard InChI is InChI=1S/C10H19OS.2C2H6/c1-10(2,3)9(11)8-12-6-4-5-7-12;2*1-2/h4-8H2,1-3H3;2*1-2H3/q+1;;. The Labute approximate surface area is 106 Å². The van der Waals surface area contributed by atoms with Gasteiger partial charge in [-0.15, -0.1) is 0 Å². The van der Waals surface area contributed by atoms with Crippen molar-refractivity contribution in [1.82, 2.24) is 0 Å². The quantitative estimate of drug-likeness (QED) is 0.672. The summed E-state index contributed by atoms with van der Waals surface area (Å²) in [6.45, 7) is 14.1. The predicted octanol–water partition coefficient (Wildman–Crippen LogP) is 4.07. The highest BCUT2D eigenvalue weighted by Crippen LogP contribution is 2.20. The van der Waals surface area contributed by atoms with Gasteiger partial charge in [0.2, 0.25) is 0 Å². The molecule has 0 aromatic heterocycles. The van der Waals surface area contributed by atoms with Crippen molar-refractivity contribution in [2.75, 3.05) is 17.3 Å². The molecule has 0 bridgehead atoms. The van der Waals surface area contributed by atoms with Crippen molar-refractivity contribution in [3.05, 3.63) is 0 Å². The fourth-order valence-electron chi connectivity index (χ4n) is 1.26. The molecule has 98 valence electrons. The molecular formula is C14H31OS+. The molecule has 1 aliphatic rings. The number of carbonyl (C=O) groups is 1. The van der Waals surface area contributed by atoms with E-state index in [-0.39, 0.29) is 5.41 Å². The van der Waals surface area contributed by atoms with Crippen molar-refractivity contribution >= 4 is 16.7 Å². The topological polar surface area (TPSA) is 17.1 Å². The van der Waals surface area contributed by atoms with Gasteiger partial charge in [-0.1, -0.05) is 48.5 Å². The highest BCUT2D eigenvalue weighted by molar-refractivity contribution is 7.97. The van der Waals surface area contributed by atoms with Crippen LogP contribution in [0.15, 0.2) is 0 Å². The van der Waals surface area contributed by atoms with Gasteiger partial charge in [0.15, 0.2) is 11.5 Å². The lowest BCUT2D eigenvalue weighted by atomic mass is 9.92. The molecule has 2 heteroatoms. The third kappa shape index (κ3) is 8.20. The molecule has 1 heterocycles. The van der Waals surface area contributed by atoms with Crippen LogP contribution in [0.4, 0.5) is 0 Å². The van der Waals surface area contributed by atoms with Crippen molar-refractivity contribution in [1.29, 1.82) is 0 Å². The summed E-state index contributed by atoms with van der Waals surface area (Å²) in [5.41, 5.74) is -0.115. The fourth-order valence-corrected chi connectivity index (χ4v) is 3.78. The first kappa shape index (κ1) is 18.4. The maximum Gasteiger partial charge on any atom is 0.187 e. The molecular weight excluding hydrogens is 216 g/mol. The van der Waals surface area contributed by atoms with E-state index in [0.717, 1.165) is 5.75 Å². The molecule has 16 heavy (non-hydrogen) atoms. The van der Waals surface area contributed by atoms with Crippen molar-refractivity contribution in [2.45, 2.75) is 61.3 Å². The van der Waals surface area contributed by atoms with Crippen molar-refractivity contribution in [2.24, 2.45) is 5.41 Å². The Morgan fingerprint density at radius 3 is 1.69 bits per heavy atom. The van der Waals surface area contributed by atoms with Crippen LogP contribution in [0.25, 0.3) is 0 Å². The second-order valence-corrected chi connectivity index (χ2v) is 6.88. The van der Waals surface area contributed by atoms with Crippen molar-refractivity contribution in [3.63, 3.8) is 0 Å². The van der Waals surface area contributed by atoms with Crippen LogP contribution >= 0.6 is 0 Å². The minimum absolute atomic E-state index is 0.115. The molecule has 0 aromatic carbocycles. The zero-order valence-corrected chi connectivity index (χ0v) is 13.2. The number of rotatable bonds is 2. The van der Waals surface area contributed by atoms with E-state index in [0.29, 0.717) is 16.7 Å². The zero-order chi connectivity index (χ0) is 13.2. The van der Waals surface area contributed by atoms with Gasteiger partial charge in [-0.25, -0.2) is 0 Å². The Balaban J connectivity index is 0. The summed E-state index contributed by atoms with van der Waals surface area (Å²) >= 11 is 0. The van der Waals surface area contributed by atoms with Gasteiger partial charge in [-0.2, -0.15) is 0 Å². The number of hydrogen-bond acceptors (Lipinski definition) is 1. The fraction of sp³-hybridized carbons (Fsp3) is 0.929. The van der Waals surface area contributed by atoms with E-state index >= 15 is 0 Å². The summed E-state index contributed by atoms with van der Waals surface area (Å²) in [5, 5.41) is 0. The summed E-state index contributed by atoms with van der Waals surface area (Å²) in [6, 6.07) is 0. The van der Waals surface area contributed by atoms with Gasteiger partial charge in [-0.3, -0.25) is 4.79 Å². The highest BCUT2D eigenvalue weighted by atomic mass is 32.2. The molecule has 0 spiro atoms. The molecule has 1 aliphatic heterocycles. The number of ketones is 1. The Kier molecular flexibility index (Phi) is 11.7. The van der Waals surface area contributed by atoms with E-state index in [2.05, 4.69) is 0 Å². The minimum atomic E-state index is -0.115. The SMILES string of the molecule is CC.CC.CC(C)(C)C(=O)C[S+]1CCCC1. The van der Waals surface area contributed by atoms with Crippen LogP contribution in [0.3, 0.4) is 0 Å². The zero-order valence-electron chi connectivity index (χ0n) is 12.4. The third-order valence-corrected chi connectivity index (χ3v) is 4.69. The normalized spacial score (nSPS) is 15.7. The lowest BCUT2D eigenvalue weighted by Gasteiger charge is -2.14. The molecule has 1 fully saturated rings. The van der Waals surface area contributed by atoms with Gasteiger partial charge in [0, 0.05) is 5.41 Å². The summed E-state index contributed by atoms with van der Waals surface area (Å²) in [4.78, 5) is 11.6. The largest absolute Gasteiger partial charge is 0.294 e. The predicted molar refractivity (Wildman–Crippen MR) is 78.4 cm³/mol. The van der Waals surface area contributed by atoms with Gasteiger partial charge in [-0.05, 0) is 23.7 Å². The Bertz CT molecular complexity index is 164. The van der Waals surface area contributed by atoms with Crippen LogP contribution < -0.4 is 0 Å². The molecule has 1 rings (SSSR count). The summed E-state index contributed by atoms with van der Waals surface area (Å²) < 4.78 is 0. The Morgan fingerprint density at radius 1 is 1.00 bits per heavy atom. The number of hydrogen-bond donors (Lipinski definition) is 0. The van der Waals surface area contributed by atoms with Crippen LogP contribution in [0.2, 0.25) is 0 Å². The van der Waals surface area contributed by atoms with Crippen molar-refractivity contribution < 1.29 is 4.79 Å². The summed E-state index contributed by atoms with van der Waals surface area (Å²) in [6.07, 6.45) is 2.70. The van der Waals surface area contributed by atoms with Gasteiger partial charge < -0.3 is 0 Å². The average molecular weight is 247 g/mol. The molecule has 0 aromatic rings. The molecule has 1 nitrogen and oxygen atoms in total. The molecule has 0 atom stereocenters. The van der Waals surface area contributed by atoms with E-state index in [1.54, 1.807) is 0 Å². The van der Waals surface area contributed by atoms with Crippen LogP contribution in [0, 0.1) is 5.41 Å². The van der Waals surface area contributed by atoms with Crippen molar-refractivity contribution in [3.8, 4) is 0 Å². The van der Waals surface area contributed by atoms with E-state index < -0.39 is 0 Å². The molecule has 0 unspecified atom stereocenters. The second kappa shape index (κ2) is 10.2. The lowest BCUT2D eigenvalue weighted by Crippen LogP contribution is -2.28.